The molecule has 208 valence electrons. The van der Waals surface area contributed by atoms with Crippen LogP contribution in [0.2, 0.25) is 10.0 Å². The lowest BCUT2D eigenvalue weighted by molar-refractivity contribution is -0.122. The number of hydrogen-bond acceptors (Lipinski definition) is 6. The highest BCUT2D eigenvalue weighted by Crippen LogP contribution is 2.55. The van der Waals surface area contributed by atoms with Crippen LogP contribution in [-0.4, -0.2) is 27.5 Å². The van der Waals surface area contributed by atoms with Gasteiger partial charge in [-0.3, -0.25) is 23.7 Å². The third-order valence-corrected chi connectivity index (χ3v) is 10.7. The number of carbonyl (C=O) groups excluding carboxylic acids is 3. The summed E-state index contributed by atoms with van der Waals surface area (Å²) < 4.78 is 1.38. The highest BCUT2D eigenvalue weighted by atomic mass is 35.5. The van der Waals surface area contributed by atoms with Crippen molar-refractivity contribution in [2.24, 2.45) is 5.92 Å². The number of imide groups is 1. The first-order valence-corrected chi connectivity index (χ1v) is 15.2. The molecule has 3 heterocycles. The van der Waals surface area contributed by atoms with Crippen molar-refractivity contribution in [1.29, 1.82) is 0 Å². The number of halogens is 2. The zero-order chi connectivity index (χ0) is 29.0. The van der Waals surface area contributed by atoms with E-state index in [2.05, 4.69) is 5.32 Å². The Bertz CT molecular complexity index is 1780. The molecular weight excluding hydrogens is 601 g/mol. The van der Waals surface area contributed by atoms with Crippen molar-refractivity contribution in [3.63, 3.8) is 0 Å². The van der Waals surface area contributed by atoms with Gasteiger partial charge < -0.3 is 5.32 Å². The standard InChI is InChI=1S/C30H23Cl2N3O4S2/c1-15-9-11-18(12-10-15)35-27(37)23-22(19-7-4-8-20(31)24(19)32)26-29(40-25(23)28(35)38)34(30(39)41-26)14-21(36)33-17-6-3-5-16(2)13-17/h3-13,22-23,25H,14H2,1-2H3,(H,33,36)/t22-,23?,25?/m1/s1. The second-order valence-corrected chi connectivity index (χ2v) is 13.0. The van der Waals surface area contributed by atoms with Gasteiger partial charge in [-0.25, -0.2) is 4.90 Å². The molecule has 1 N–H and O–H groups in total. The summed E-state index contributed by atoms with van der Waals surface area (Å²) in [5, 5.41) is 3.06. The number of nitrogens with one attached hydrogen (secondary N) is 1. The lowest BCUT2D eigenvalue weighted by atomic mass is 9.83. The zero-order valence-corrected chi connectivity index (χ0v) is 25.0. The molecule has 1 fully saturated rings. The van der Waals surface area contributed by atoms with Gasteiger partial charge in [0.25, 0.3) is 0 Å². The number of amides is 3. The topological polar surface area (TPSA) is 88.5 Å². The number of carbonyl (C=O) groups is 3. The molecule has 2 aliphatic rings. The number of rotatable bonds is 5. The van der Waals surface area contributed by atoms with Crippen LogP contribution in [0.5, 0.6) is 0 Å². The van der Waals surface area contributed by atoms with Crippen molar-refractivity contribution in [3.05, 3.63) is 108 Å². The smallest absolute Gasteiger partial charge is 0.308 e. The third-order valence-electron chi connectivity index (χ3n) is 7.26. The molecule has 0 aliphatic carbocycles. The van der Waals surface area contributed by atoms with E-state index in [-0.39, 0.29) is 34.2 Å². The van der Waals surface area contributed by atoms with Gasteiger partial charge >= 0.3 is 4.87 Å². The van der Waals surface area contributed by atoms with Crippen LogP contribution in [0.25, 0.3) is 0 Å². The molecule has 7 nitrogen and oxygen atoms in total. The number of anilines is 2. The van der Waals surface area contributed by atoms with E-state index >= 15 is 0 Å². The van der Waals surface area contributed by atoms with E-state index < -0.39 is 17.1 Å². The quantitative estimate of drug-likeness (QED) is 0.265. The maximum absolute atomic E-state index is 14.0. The van der Waals surface area contributed by atoms with Crippen LogP contribution < -0.4 is 15.1 Å². The number of nitrogens with zero attached hydrogens (tertiary/aromatic N) is 2. The lowest BCUT2D eigenvalue weighted by Gasteiger charge is -2.31. The minimum Gasteiger partial charge on any atom is -0.325 e. The molecule has 0 radical (unpaired) electrons. The lowest BCUT2D eigenvalue weighted by Crippen LogP contribution is -2.33. The fourth-order valence-electron chi connectivity index (χ4n) is 5.37. The summed E-state index contributed by atoms with van der Waals surface area (Å²) >= 11 is 15.2. The molecule has 0 bridgehead atoms. The summed E-state index contributed by atoms with van der Waals surface area (Å²) in [6.07, 6.45) is 0. The van der Waals surface area contributed by atoms with Crippen LogP contribution in [-0.2, 0) is 20.9 Å². The van der Waals surface area contributed by atoms with Crippen molar-refractivity contribution >= 4 is 75.4 Å². The minimum atomic E-state index is -0.823. The van der Waals surface area contributed by atoms with Crippen LogP contribution in [0.4, 0.5) is 11.4 Å². The van der Waals surface area contributed by atoms with Crippen LogP contribution >= 0.6 is 46.3 Å². The van der Waals surface area contributed by atoms with Gasteiger partial charge in [0.2, 0.25) is 17.7 Å². The number of fused-ring (bicyclic) bond motifs is 2. The number of benzene rings is 3. The zero-order valence-electron chi connectivity index (χ0n) is 21.9. The summed E-state index contributed by atoms with van der Waals surface area (Å²) in [5.74, 6) is -2.64. The Morgan fingerprint density at radius 3 is 2.39 bits per heavy atom. The molecule has 2 unspecified atom stereocenters. The summed E-state index contributed by atoms with van der Waals surface area (Å²) in [7, 11) is 0. The predicted octanol–water partition coefficient (Wildman–Crippen LogP) is 6.27. The Kier molecular flexibility index (Phi) is 7.32. The van der Waals surface area contributed by atoms with Gasteiger partial charge in [-0.15, -0.1) is 0 Å². The molecule has 4 aromatic rings. The van der Waals surface area contributed by atoms with E-state index in [9.17, 15) is 19.2 Å². The molecule has 11 heteroatoms. The Labute approximate surface area is 254 Å². The van der Waals surface area contributed by atoms with Crippen LogP contribution in [0.15, 0.2) is 76.6 Å². The fraction of sp³-hybridized carbons (Fsp3) is 0.200. The normalized spacial score (nSPS) is 19.7. The molecule has 41 heavy (non-hydrogen) atoms. The van der Waals surface area contributed by atoms with E-state index in [0.29, 0.717) is 31.9 Å². The first kappa shape index (κ1) is 27.8. The molecule has 6 rings (SSSR count). The molecular formula is C30H23Cl2N3O4S2. The number of aryl methyl sites for hydroxylation is 2. The SMILES string of the molecule is Cc1ccc(N2C(=O)C3Sc4c(sc(=O)n4CC(=O)Nc4cccc(C)c4)[C@H](c4cccc(Cl)c4Cl)C3C2=O)cc1. The summed E-state index contributed by atoms with van der Waals surface area (Å²) in [5.41, 5.74) is 3.64. The van der Waals surface area contributed by atoms with E-state index in [1.807, 2.05) is 44.2 Å². The Morgan fingerprint density at radius 1 is 0.927 bits per heavy atom. The van der Waals surface area contributed by atoms with Crippen molar-refractivity contribution in [2.45, 2.75) is 36.6 Å². The summed E-state index contributed by atoms with van der Waals surface area (Å²) in [6, 6.07) is 19.7. The second kappa shape index (κ2) is 10.8. The number of thioether (sulfide) groups is 1. The van der Waals surface area contributed by atoms with Crippen molar-refractivity contribution in [1.82, 2.24) is 4.57 Å². The third kappa shape index (κ3) is 4.91. The average Bonchev–Trinajstić information content (AvgIpc) is 3.37. The molecule has 3 aromatic carbocycles. The molecule has 1 aromatic heterocycles. The number of hydrogen-bond donors (Lipinski definition) is 1. The number of thiazole rings is 1. The van der Waals surface area contributed by atoms with E-state index in [1.165, 1.54) is 9.47 Å². The highest BCUT2D eigenvalue weighted by molar-refractivity contribution is 8.00. The van der Waals surface area contributed by atoms with Crippen molar-refractivity contribution in [2.75, 3.05) is 10.2 Å². The van der Waals surface area contributed by atoms with Gasteiger partial charge in [-0.05, 0) is 55.3 Å². The van der Waals surface area contributed by atoms with Crippen LogP contribution in [0.1, 0.15) is 27.5 Å². The highest BCUT2D eigenvalue weighted by Gasteiger charge is 2.57. The fourth-order valence-corrected chi connectivity index (χ4v) is 8.56. The van der Waals surface area contributed by atoms with Gasteiger partial charge in [0.15, 0.2) is 0 Å². The largest absolute Gasteiger partial charge is 0.325 e. The molecule has 3 amide bonds. The maximum atomic E-state index is 14.0. The van der Waals surface area contributed by atoms with Crippen LogP contribution in [0, 0.1) is 19.8 Å². The second-order valence-electron chi connectivity index (χ2n) is 10.1. The molecule has 1 saturated heterocycles. The maximum Gasteiger partial charge on any atom is 0.308 e. The van der Waals surface area contributed by atoms with Gasteiger partial charge in [0.1, 0.15) is 11.8 Å². The van der Waals surface area contributed by atoms with E-state index in [0.717, 1.165) is 34.2 Å². The van der Waals surface area contributed by atoms with Gasteiger partial charge in [-0.2, -0.15) is 0 Å². The first-order chi connectivity index (χ1) is 19.6. The van der Waals surface area contributed by atoms with E-state index in [4.69, 9.17) is 23.2 Å². The summed E-state index contributed by atoms with van der Waals surface area (Å²) in [6.45, 7) is 3.60. The molecule has 3 atom stereocenters. The Morgan fingerprint density at radius 2 is 1.66 bits per heavy atom. The molecule has 0 spiro atoms. The van der Waals surface area contributed by atoms with Crippen LogP contribution in [0.3, 0.4) is 0 Å². The monoisotopic (exact) mass is 623 g/mol. The Hall–Kier alpha value is -3.37. The molecule has 2 aliphatic heterocycles. The van der Waals surface area contributed by atoms with Gasteiger partial charge in [-0.1, -0.05) is 88.3 Å². The van der Waals surface area contributed by atoms with E-state index in [1.54, 1.807) is 36.4 Å². The first-order valence-electron chi connectivity index (χ1n) is 12.8. The molecule has 0 saturated carbocycles. The van der Waals surface area contributed by atoms with Gasteiger partial charge in [0.05, 0.1) is 26.7 Å². The van der Waals surface area contributed by atoms with Crippen molar-refractivity contribution in [3.8, 4) is 0 Å². The number of aromatic nitrogens is 1. The van der Waals surface area contributed by atoms with Gasteiger partial charge in [0, 0.05) is 16.5 Å². The Balaban J connectivity index is 1.44. The predicted molar refractivity (Wildman–Crippen MR) is 163 cm³/mol. The minimum absolute atomic E-state index is 0.247. The van der Waals surface area contributed by atoms with Crippen molar-refractivity contribution < 1.29 is 14.4 Å². The summed E-state index contributed by atoms with van der Waals surface area (Å²) in [4.78, 5) is 55.7. The average molecular weight is 625 g/mol.